The highest BCUT2D eigenvalue weighted by atomic mass is 16.5. The van der Waals surface area contributed by atoms with Gasteiger partial charge in [0.05, 0.1) is 24.7 Å². The fourth-order valence-corrected chi connectivity index (χ4v) is 1.29. The minimum absolute atomic E-state index is 0.0515. The summed E-state index contributed by atoms with van der Waals surface area (Å²) in [5.74, 6) is -0.377. The van der Waals surface area contributed by atoms with Crippen molar-refractivity contribution < 1.29 is 14.3 Å². The number of hydrogen-bond acceptors (Lipinski definition) is 4. The van der Waals surface area contributed by atoms with Crippen LogP contribution in [-0.4, -0.2) is 18.9 Å². The molecule has 0 fully saturated rings. The first-order valence-electron chi connectivity index (χ1n) is 4.85. The lowest BCUT2D eigenvalue weighted by Gasteiger charge is -2.04. The molecule has 1 aromatic carbocycles. The first kappa shape index (κ1) is 11.9. The molecule has 0 heterocycles. The van der Waals surface area contributed by atoms with Crippen LogP contribution in [0.1, 0.15) is 28.4 Å². The van der Waals surface area contributed by atoms with Crippen molar-refractivity contribution in [1.82, 2.24) is 0 Å². The normalized spacial score (nSPS) is 9.25. The van der Waals surface area contributed by atoms with Crippen molar-refractivity contribution in [3.63, 3.8) is 0 Å². The molecule has 0 aromatic heterocycles. The van der Waals surface area contributed by atoms with E-state index in [0.717, 1.165) is 0 Å². The number of aldehydes is 1. The predicted molar refractivity (Wildman–Crippen MR) is 56.9 cm³/mol. The number of carbonyl (C=O) groups is 2. The zero-order chi connectivity index (χ0) is 12.0. The molecule has 4 nitrogen and oxygen atoms in total. The SMILES string of the molecule is CCOC(=O)Cc1ccc(C=O)cc1C#N. The van der Waals surface area contributed by atoms with Crippen LogP contribution in [0.25, 0.3) is 0 Å². The second-order valence-corrected chi connectivity index (χ2v) is 3.13. The summed E-state index contributed by atoms with van der Waals surface area (Å²) in [5.41, 5.74) is 1.33. The average Bonchev–Trinajstić information content (AvgIpc) is 2.30. The Morgan fingerprint density at radius 1 is 1.56 bits per heavy atom. The summed E-state index contributed by atoms with van der Waals surface area (Å²) in [4.78, 5) is 21.7. The number of nitrogens with zero attached hydrogens (tertiary/aromatic N) is 1. The van der Waals surface area contributed by atoms with Crippen LogP contribution in [0.15, 0.2) is 18.2 Å². The van der Waals surface area contributed by atoms with Gasteiger partial charge in [-0.15, -0.1) is 0 Å². The lowest BCUT2D eigenvalue weighted by Crippen LogP contribution is -2.08. The van der Waals surface area contributed by atoms with E-state index in [1.165, 1.54) is 6.07 Å². The molecule has 4 heteroatoms. The van der Waals surface area contributed by atoms with E-state index in [4.69, 9.17) is 10.00 Å². The van der Waals surface area contributed by atoms with Crippen molar-refractivity contribution >= 4 is 12.3 Å². The molecule has 16 heavy (non-hydrogen) atoms. The fraction of sp³-hybridized carbons (Fsp3) is 0.250. The van der Waals surface area contributed by atoms with Gasteiger partial charge in [0.25, 0.3) is 0 Å². The second kappa shape index (κ2) is 5.66. The van der Waals surface area contributed by atoms with Crippen molar-refractivity contribution in [2.75, 3.05) is 6.61 Å². The van der Waals surface area contributed by atoms with Gasteiger partial charge in [0.1, 0.15) is 6.29 Å². The van der Waals surface area contributed by atoms with E-state index >= 15 is 0 Å². The van der Waals surface area contributed by atoms with E-state index < -0.39 is 0 Å². The largest absolute Gasteiger partial charge is 0.466 e. The van der Waals surface area contributed by atoms with Gasteiger partial charge in [-0.3, -0.25) is 9.59 Å². The molecule has 0 amide bonds. The molecule has 0 atom stereocenters. The van der Waals surface area contributed by atoms with Crippen LogP contribution in [0, 0.1) is 11.3 Å². The Labute approximate surface area is 93.5 Å². The molecule has 1 aromatic rings. The van der Waals surface area contributed by atoms with E-state index in [2.05, 4.69) is 0 Å². The van der Waals surface area contributed by atoms with Crippen LogP contribution in [0.3, 0.4) is 0 Å². The van der Waals surface area contributed by atoms with E-state index in [1.807, 2.05) is 6.07 Å². The molecule has 1 rings (SSSR count). The third-order valence-electron chi connectivity index (χ3n) is 2.03. The summed E-state index contributed by atoms with van der Waals surface area (Å²) in [6, 6.07) is 6.58. The van der Waals surface area contributed by atoms with Gasteiger partial charge >= 0.3 is 5.97 Å². The first-order chi connectivity index (χ1) is 7.71. The molecule has 0 spiro atoms. The highest BCUT2D eigenvalue weighted by molar-refractivity contribution is 5.78. The molecule has 0 bridgehead atoms. The van der Waals surface area contributed by atoms with Crippen LogP contribution in [0.5, 0.6) is 0 Å². The first-order valence-corrected chi connectivity index (χ1v) is 4.85. The summed E-state index contributed by atoms with van der Waals surface area (Å²) in [5, 5.41) is 8.86. The summed E-state index contributed by atoms with van der Waals surface area (Å²) in [7, 11) is 0. The van der Waals surface area contributed by atoms with Crippen LogP contribution in [0.2, 0.25) is 0 Å². The van der Waals surface area contributed by atoms with Gasteiger partial charge < -0.3 is 4.74 Å². The van der Waals surface area contributed by atoms with Gasteiger partial charge in [0.2, 0.25) is 0 Å². The van der Waals surface area contributed by atoms with Crippen molar-refractivity contribution in [3.05, 3.63) is 34.9 Å². The summed E-state index contributed by atoms with van der Waals surface area (Å²) < 4.78 is 4.78. The summed E-state index contributed by atoms with van der Waals surface area (Å²) in [6.07, 6.45) is 0.713. The van der Waals surface area contributed by atoms with Gasteiger partial charge in [0.15, 0.2) is 0 Å². The molecule has 0 N–H and O–H groups in total. The van der Waals surface area contributed by atoms with Gasteiger partial charge in [-0.1, -0.05) is 12.1 Å². The van der Waals surface area contributed by atoms with Gasteiger partial charge in [-0.25, -0.2) is 0 Å². The molecule has 0 aliphatic carbocycles. The van der Waals surface area contributed by atoms with Crippen LogP contribution >= 0.6 is 0 Å². The minimum Gasteiger partial charge on any atom is -0.466 e. The van der Waals surface area contributed by atoms with Crippen molar-refractivity contribution in [1.29, 1.82) is 5.26 Å². The Balaban J connectivity index is 2.92. The number of ether oxygens (including phenoxy) is 1. The number of rotatable bonds is 4. The van der Waals surface area contributed by atoms with Crippen molar-refractivity contribution in [2.24, 2.45) is 0 Å². The van der Waals surface area contributed by atoms with E-state index in [1.54, 1.807) is 19.1 Å². The third-order valence-corrected chi connectivity index (χ3v) is 2.03. The molecular weight excluding hydrogens is 206 g/mol. The van der Waals surface area contributed by atoms with Crippen molar-refractivity contribution in [2.45, 2.75) is 13.3 Å². The standard InChI is InChI=1S/C12H11NO3/c1-2-16-12(15)6-10-4-3-9(8-14)5-11(10)7-13/h3-5,8H,2,6H2,1H3. The van der Waals surface area contributed by atoms with Gasteiger partial charge in [-0.2, -0.15) is 5.26 Å². The maximum Gasteiger partial charge on any atom is 0.310 e. The maximum absolute atomic E-state index is 11.2. The van der Waals surface area contributed by atoms with Crippen LogP contribution < -0.4 is 0 Å². The number of hydrogen-bond donors (Lipinski definition) is 0. The number of esters is 1. The molecule has 0 saturated heterocycles. The Morgan fingerprint density at radius 3 is 2.88 bits per heavy atom. The molecule has 0 radical (unpaired) electrons. The molecular formula is C12H11NO3. The molecule has 0 saturated carbocycles. The zero-order valence-electron chi connectivity index (χ0n) is 8.90. The van der Waals surface area contributed by atoms with E-state index in [9.17, 15) is 9.59 Å². The highest BCUT2D eigenvalue weighted by Crippen LogP contribution is 2.11. The van der Waals surface area contributed by atoms with Crippen LogP contribution in [-0.2, 0) is 16.0 Å². The lowest BCUT2D eigenvalue weighted by atomic mass is 10.0. The Hall–Kier alpha value is -2.15. The monoisotopic (exact) mass is 217 g/mol. The predicted octanol–water partition coefficient (Wildman–Crippen LogP) is 1.48. The van der Waals surface area contributed by atoms with Gasteiger partial charge in [0, 0.05) is 5.56 Å². The highest BCUT2D eigenvalue weighted by Gasteiger charge is 2.09. The fourth-order valence-electron chi connectivity index (χ4n) is 1.29. The molecule has 0 unspecified atom stereocenters. The van der Waals surface area contributed by atoms with Crippen LogP contribution in [0.4, 0.5) is 0 Å². The second-order valence-electron chi connectivity index (χ2n) is 3.13. The topological polar surface area (TPSA) is 67.2 Å². The summed E-state index contributed by atoms with van der Waals surface area (Å²) >= 11 is 0. The van der Waals surface area contributed by atoms with Crippen molar-refractivity contribution in [3.8, 4) is 6.07 Å². The molecule has 0 aliphatic rings. The van der Waals surface area contributed by atoms with E-state index in [-0.39, 0.29) is 12.4 Å². The van der Waals surface area contributed by atoms with Gasteiger partial charge in [-0.05, 0) is 18.6 Å². The smallest absolute Gasteiger partial charge is 0.310 e. The minimum atomic E-state index is -0.377. The zero-order valence-corrected chi connectivity index (χ0v) is 8.90. The molecule has 82 valence electrons. The number of benzene rings is 1. The lowest BCUT2D eigenvalue weighted by molar-refractivity contribution is -0.142. The Morgan fingerprint density at radius 2 is 2.31 bits per heavy atom. The quantitative estimate of drug-likeness (QED) is 0.565. The maximum atomic E-state index is 11.2. The Kier molecular flexibility index (Phi) is 4.22. The van der Waals surface area contributed by atoms with E-state index in [0.29, 0.717) is 29.6 Å². The number of carbonyl (C=O) groups excluding carboxylic acids is 2. The Bertz CT molecular complexity index is 446. The molecule has 0 aliphatic heterocycles. The average molecular weight is 217 g/mol. The summed E-state index contributed by atoms with van der Waals surface area (Å²) in [6.45, 7) is 2.03. The third kappa shape index (κ3) is 2.92. The number of nitriles is 1.